The lowest BCUT2D eigenvalue weighted by Crippen LogP contribution is -2.61. The molecule has 4 nitrogen and oxygen atoms in total. The average molecular weight is 628 g/mol. The van der Waals surface area contributed by atoms with E-state index >= 15 is 0 Å². The summed E-state index contributed by atoms with van der Waals surface area (Å²) < 4.78 is 93.5. The van der Waals surface area contributed by atoms with Crippen LogP contribution >= 0.6 is 23.2 Å². The number of halogens is 9. The minimum atomic E-state index is -5.06. The first-order chi connectivity index (χ1) is 19.1. The summed E-state index contributed by atoms with van der Waals surface area (Å²) in [6.07, 6.45) is -9.25. The number of likely N-dealkylation sites (tertiary alicyclic amines) is 2. The molecule has 1 unspecified atom stereocenters. The Bertz CT molecular complexity index is 1190. The van der Waals surface area contributed by atoms with Crippen molar-refractivity contribution in [2.45, 2.75) is 49.7 Å². The van der Waals surface area contributed by atoms with Gasteiger partial charge < -0.3 is 9.80 Å². The summed E-state index contributed by atoms with van der Waals surface area (Å²) in [4.78, 5) is 18.8. The maximum atomic E-state index is 13.5. The number of carbonyl (C=O) groups is 1. The molecule has 2 aromatic carbocycles. The van der Waals surface area contributed by atoms with E-state index in [-0.39, 0.29) is 23.6 Å². The molecule has 2 heterocycles. The van der Waals surface area contributed by atoms with Crippen LogP contribution in [0.2, 0.25) is 10.0 Å². The molecule has 0 spiro atoms. The fourth-order valence-corrected chi connectivity index (χ4v) is 5.68. The monoisotopic (exact) mass is 627 g/mol. The first-order valence-corrected chi connectivity index (χ1v) is 14.0. The molecule has 2 aliphatic rings. The van der Waals surface area contributed by atoms with Crippen LogP contribution in [0.25, 0.3) is 0 Å². The Hall–Kier alpha value is -2.08. The molecule has 0 radical (unpaired) electrons. The molecule has 0 aromatic heterocycles. The van der Waals surface area contributed by atoms with Crippen LogP contribution in [0.1, 0.15) is 52.2 Å². The minimum absolute atomic E-state index is 0.00453. The Morgan fingerprint density at radius 3 is 2.07 bits per heavy atom. The minimum Gasteiger partial charge on any atom is -0.341 e. The maximum absolute atomic E-state index is 13.5. The van der Waals surface area contributed by atoms with Crippen LogP contribution in [0, 0.1) is 0 Å². The van der Waals surface area contributed by atoms with E-state index in [9.17, 15) is 35.5 Å². The topological polar surface area (TPSA) is 26.8 Å². The lowest BCUT2D eigenvalue weighted by atomic mass is 9.93. The number of carbonyl (C=O) groups excluding carboxylic acids is 1. The largest absolute Gasteiger partial charge is 0.416 e. The maximum Gasteiger partial charge on any atom is 0.416 e. The van der Waals surface area contributed by atoms with Crippen molar-refractivity contribution >= 4 is 29.1 Å². The van der Waals surface area contributed by atoms with E-state index in [2.05, 4.69) is 9.80 Å². The molecule has 1 atom stereocenters. The molecule has 1 amide bonds. The molecule has 13 heteroatoms. The average Bonchev–Trinajstić information content (AvgIpc) is 2.87. The van der Waals surface area contributed by atoms with Gasteiger partial charge in [0.05, 0.1) is 21.2 Å². The van der Waals surface area contributed by atoms with Crippen LogP contribution in [0.15, 0.2) is 36.4 Å². The van der Waals surface area contributed by atoms with E-state index in [1.165, 1.54) is 7.05 Å². The van der Waals surface area contributed by atoms with Crippen molar-refractivity contribution in [3.8, 4) is 0 Å². The summed E-state index contributed by atoms with van der Waals surface area (Å²) in [5, 5.41) is 0.612. The van der Waals surface area contributed by atoms with Crippen molar-refractivity contribution in [1.82, 2.24) is 14.7 Å². The van der Waals surface area contributed by atoms with Crippen molar-refractivity contribution in [2.24, 2.45) is 0 Å². The number of nitrogens with zero attached hydrogens (tertiary/aromatic N) is 3. The van der Waals surface area contributed by atoms with Gasteiger partial charge in [0.2, 0.25) is 0 Å². The van der Waals surface area contributed by atoms with Crippen molar-refractivity contribution in [3.63, 3.8) is 0 Å². The van der Waals surface area contributed by atoms with E-state index in [1.54, 1.807) is 18.2 Å². The van der Waals surface area contributed by atoms with Gasteiger partial charge in [-0.2, -0.15) is 26.3 Å². The van der Waals surface area contributed by atoms with Gasteiger partial charge in [0.15, 0.2) is 0 Å². The second-order valence-corrected chi connectivity index (χ2v) is 11.6. The van der Waals surface area contributed by atoms with Gasteiger partial charge >= 0.3 is 12.4 Å². The normalized spacial score (nSPS) is 18.8. The van der Waals surface area contributed by atoms with Crippen molar-refractivity contribution in [2.75, 3.05) is 46.3 Å². The fraction of sp³-hybridized carbons (Fsp3) is 0.536. The quantitative estimate of drug-likeness (QED) is 0.286. The highest BCUT2D eigenvalue weighted by molar-refractivity contribution is 6.42. The van der Waals surface area contributed by atoms with Gasteiger partial charge in [-0.05, 0) is 61.7 Å². The molecule has 2 aliphatic heterocycles. The summed E-state index contributed by atoms with van der Waals surface area (Å²) in [5.74, 6) is -1.29. The standard InChI is InChI=1S/C28H30Cl2F7N3O/c1-38(26(41)19-10-20(27(32,33)34)13-21(11-19)28(35,36)37)14-18(17-2-3-24(29)25(30)12-17)4-7-39-15-23(16-39)40-8-5-22(31)6-9-40/h2-3,10-13,18,22-23H,4-9,14-16H2,1H3. The van der Waals surface area contributed by atoms with Crippen LogP contribution in [0.4, 0.5) is 30.7 Å². The lowest BCUT2D eigenvalue weighted by Gasteiger charge is -2.47. The molecule has 2 fully saturated rings. The van der Waals surface area contributed by atoms with E-state index < -0.39 is 41.1 Å². The molecule has 4 rings (SSSR count). The molecule has 0 aliphatic carbocycles. The van der Waals surface area contributed by atoms with Gasteiger partial charge in [0.25, 0.3) is 5.91 Å². The van der Waals surface area contributed by atoms with Gasteiger partial charge in [0, 0.05) is 57.3 Å². The van der Waals surface area contributed by atoms with E-state index in [4.69, 9.17) is 23.2 Å². The fourth-order valence-electron chi connectivity index (χ4n) is 5.37. The van der Waals surface area contributed by atoms with Crippen LogP contribution < -0.4 is 0 Å². The molecule has 0 saturated carbocycles. The Kier molecular flexibility index (Phi) is 9.83. The lowest BCUT2D eigenvalue weighted by molar-refractivity contribution is -0.143. The van der Waals surface area contributed by atoms with E-state index in [1.807, 2.05) is 0 Å². The first-order valence-electron chi connectivity index (χ1n) is 13.2. The van der Waals surface area contributed by atoms with Gasteiger partial charge in [-0.25, -0.2) is 4.39 Å². The molecule has 0 bridgehead atoms. The Labute approximate surface area is 244 Å². The van der Waals surface area contributed by atoms with Crippen LogP contribution in [-0.2, 0) is 12.4 Å². The zero-order chi connectivity index (χ0) is 30.1. The Morgan fingerprint density at radius 2 is 1.54 bits per heavy atom. The third-order valence-corrected chi connectivity index (χ3v) is 8.54. The molecule has 2 aromatic rings. The van der Waals surface area contributed by atoms with Crippen molar-refractivity contribution in [3.05, 3.63) is 68.7 Å². The van der Waals surface area contributed by atoms with Crippen LogP contribution in [-0.4, -0.2) is 79.1 Å². The summed E-state index contributed by atoms with van der Waals surface area (Å²) in [6.45, 7) is 3.74. The number of alkyl halides is 7. The zero-order valence-electron chi connectivity index (χ0n) is 22.2. The summed E-state index contributed by atoms with van der Waals surface area (Å²) >= 11 is 12.3. The SMILES string of the molecule is CN(CC(CCN1CC(N2CCC(F)CC2)C1)c1ccc(Cl)c(Cl)c1)C(=O)c1cc(C(F)(F)F)cc(C(F)(F)F)c1. The highest BCUT2D eigenvalue weighted by atomic mass is 35.5. The number of likely N-dealkylation sites (N-methyl/N-ethyl adjacent to an activating group) is 1. The summed E-state index contributed by atoms with van der Waals surface area (Å²) in [7, 11) is 1.34. The summed E-state index contributed by atoms with van der Waals surface area (Å²) in [6, 6.07) is 6.21. The second kappa shape index (κ2) is 12.7. The summed E-state index contributed by atoms with van der Waals surface area (Å²) in [5.41, 5.74) is -3.06. The zero-order valence-corrected chi connectivity index (χ0v) is 23.7. The van der Waals surface area contributed by atoms with Crippen molar-refractivity contribution in [1.29, 1.82) is 0 Å². The first kappa shape index (κ1) is 31.8. The number of hydrogen-bond acceptors (Lipinski definition) is 3. The van der Waals surface area contributed by atoms with Crippen LogP contribution in [0.5, 0.6) is 0 Å². The number of piperidine rings is 1. The molecule has 226 valence electrons. The number of rotatable bonds is 8. The number of amides is 1. The second-order valence-electron chi connectivity index (χ2n) is 10.8. The Morgan fingerprint density at radius 1 is 0.951 bits per heavy atom. The molecule has 41 heavy (non-hydrogen) atoms. The van der Waals surface area contributed by atoms with Gasteiger partial charge in [-0.1, -0.05) is 29.3 Å². The number of benzene rings is 2. The van der Waals surface area contributed by atoms with Crippen molar-refractivity contribution < 1.29 is 35.5 Å². The predicted molar refractivity (Wildman–Crippen MR) is 143 cm³/mol. The molecular formula is C28H30Cl2F7N3O. The van der Waals surface area contributed by atoms with Gasteiger partial charge in [0.1, 0.15) is 6.17 Å². The molecular weight excluding hydrogens is 598 g/mol. The Balaban J connectivity index is 1.47. The van der Waals surface area contributed by atoms with Crippen LogP contribution in [0.3, 0.4) is 0 Å². The predicted octanol–water partition coefficient (Wildman–Crippen LogP) is 7.40. The smallest absolute Gasteiger partial charge is 0.341 e. The highest BCUT2D eigenvalue weighted by Crippen LogP contribution is 2.37. The van der Waals surface area contributed by atoms with E-state index in [0.29, 0.717) is 49.0 Å². The highest BCUT2D eigenvalue weighted by Gasteiger charge is 2.38. The number of hydrogen-bond donors (Lipinski definition) is 0. The van der Waals surface area contributed by atoms with Gasteiger partial charge in [-0.3, -0.25) is 9.69 Å². The third-order valence-electron chi connectivity index (χ3n) is 7.80. The molecule has 0 N–H and O–H groups in total. The van der Waals surface area contributed by atoms with Gasteiger partial charge in [-0.15, -0.1) is 0 Å². The third kappa shape index (κ3) is 8.06. The molecule has 2 saturated heterocycles. The van der Waals surface area contributed by atoms with E-state index in [0.717, 1.165) is 36.6 Å².